The first-order valence-corrected chi connectivity index (χ1v) is 8.22. The monoisotopic (exact) mass is 369 g/mol. The normalized spacial score (nSPS) is 15.3. The number of nitrogens with zero attached hydrogens (tertiary/aromatic N) is 2. The van der Waals surface area contributed by atoms with Crippen LogP contribution in [0.4, 0.5) is 10.1 Å². The van der Waals surface area contributed by atoms with Crippen molar-refractivity contribution < 1.29 is 14.0 Å². The van der Waals surface area contributed by atoms with Gasteiger partial charge < -0.3 is 4.90 Å². The Labute approximate surface area is 155 Å². The molecule has 1 N–H and O–H groups in total. The highest BCUT2D eigenvalue weighted by Crippen LogP contribution is 2.22. The van der Waals surface area contributed by atoms with Gasteiger partial charge >= 0.3 is 0 Å². The number of benzene rings is 2. The zero-order valence-electron chi connectivity index (χ0n) is 14.2. The Morgan fingerprint density at radius 3 is 2.31 bits per heavy atom. The van der Waals surface area contributed by atoms with Gasteiger partial charge in [0.05, 0.1) is 0 Å². The van der Waals surface area contributed by atoms with Crippen LogP contribution in [0, 0.1) is 5.82 Å². The number of amides is 2. The van der Waals surface area contributed by atoms with E-state index in [-0.39, 0.29) is 16.4 Å². The number of thiocarbonyl (C=S) groups is 1. The molecule has 0 saturated carbocycles. The molecule has 0 aromatic heterocycles. The molecule has 7 heteroatoms. The molecule has 0 aliphatic carbocycles. The lowest BCUT2D eigenvalue weighted by Crippen LogP contribution is -2.33. The van der Waals surface area contributed by atoms with Gasteiger partial charge in [-0.25, -0.2) is 9.29 Å². The van der Waals surface area contributed by atoms with E-state index in [0.717, 1.165) is 16.2 Å². The second-order valence-corrected chi connectivity index (χ2v) is 6.31. The summed E-state index contributed by atoms with van der Waals surface area (Å²) in [6.07, 6.45) is 1.59. The molecule has 3 rings (SSSR count). The molecular formula is C19H16FN3O2S. The van der Waals surface area contributed by atoms with Crippen molar-refractivity contribution >= 4 is 40.9 Å². The fourth-order valence-electron chi connectivity index (χ4n) is 2.51. The molecule has 1 heterocycles. The molecule has 0 bridgehead atoms. The number of anilines is 1. The molecule has 26 heavy (non-hydrogen) atoms. The van der Waals surface area contributed by atoms with Gasteiger partial charge in [-0.05, 0) is 60.3 Å². The van der Waals surface area contributed by atoms with Gasteiger partial charge in [-0.1, -0.05) is 12.1 Å². The minimum atomic E-state index is -0.496. The van der Waals surface area contributed by atoms with Gasteiger partial charge in [0.15, 0.2) is 5.11 Å². The molecule has 1 saturated heterocycles. The summed E-state index contributed by atoms with van der Waals surface area (Å²) >= 11 is 5.12. The largest absolute Gasteiger partial charge is 0.378 e. The summed E-state index contributed by atoms with van der Waals surface area (Å²) in [4.78, 5) is 28.1. The predicted molar refractivity (Wildman–Crippen MR) is 102 cm³/mol. The average molecular weight is 369 g/mol. The summed E-state index contributed by atoms with van der Waals surface area (Å²) in [5.74, 6) is -1.40. The Morgan fingerprint density at radius 1 is 1.12 bits per heavy atom. The third-order valence-corrected chi connectivity index (χ3v) is 4.19. The maximum absolute atomic E-state index is 13.1. The van der Waals surface area contributed by atoms with Crippen LogP contribution < -0.4 is 10.2 Å². The number of carbonyl (C=O) groups excluding carboxylic acids is 2. The molecular weight excluding hydrogens is 353 g/mol. The minimum absolute atomic E-state index is 0.000451. The number of nitrogens with one attached hydrogen (secondary N) is 1. The van der Waals surface area contributed by atoms with E-state index in [2.05, 4.69) is 5.32 Å². The van der Waals surface area contributed by atoms with Crippen LogP contribution in [0.3, 0.4) is 0 Å². The molecule has 1 aliphatic heterocycles. The number of halogens is 1. The Kier molecular flexibility index (Phi) is 4.81. The van der Waals surface area contributed by atoms with Crippen molar-refractivity contribution in [3.8, 4) is 0 Å². The summed E-state index contributed by atoms with van der Waals surface area (Å²) in [5.41, 5.74) is 2.13. The molecule has 2 amide bonds. The fraction of sp³-hybridized carbons (Fsp3) is 0.105. The first-order valence-electron chi connectivity index (χ1n) is 7.81. The number of hydrogen-bond donors (Lipinski definition) is 1. The van der Waals surface area contributed by atoms with Crippen molar-refractivity contribution in [3.63, 3.8) is 0 Å². The number of carbonyl (C=O) groups is 2. The molecule has 0 spiro atoms. The van der Waals surface area contributed by atoms with Crippen molar-refractivity contribution in [1.29, 1.82) is 0 Å². The van der Waals surface area contributed by atoms with Crippen LogP contribution in [0.2, 0.25) is 0 Å². The average Bonchev–Trinajstić information content (AvgIpc) is 2.89. The van der Waals surface area contributed by atoms with Crippen LogP contribution in [0.25, 0.3) is 6.08 Å². The van der Waals surface area contributed by atoms with Gasteiger partial charge in [0.1, 0.15) is 11.5 Å². The molecule has 0 atom stereocenters. The maximum atomic E-state index is 13.1. The topological polar surface area (TPSA) is 52.7 Å². The summed E-state index contributed by atoms with van der Waals surface area (Å²) in [5, 5.41) is 2.48. The summed E-state index contributed by atoms with van der Waals surface area (Å²) < 4.78 is 13.1. The van der Waals surface area contributed by atoms with Crippen LogP contribution >= 0.6 is 12.2 Å². The van der Waals surface area contributed by atoms with Crippen LogP contribution in [-0.4, -0.2) is 35.9 Å². The summed E-state index contributed by atoms with van der Waals surface area (Å²) in [7, 11) is 3.86. The van der Waals surface area contributed by atoms with Crippen molar-refractivity contribution in [2.24, 2.45) is 0 Å². The zero-order chi connectivity index (χ0) is 18.8. The van der Waals surface area contributed by atoms with Gasteiger partial charge in [0, 0.05) is 25.3 Å². The molecule has 0 unspecified atom stereocenters. The SMILES string of the molecule is CN(C)c1ccc(C=C2C(=O)NC(=S)N2C(=O)c2ccc(F)cc2)cc1. The Bertz CT molecular complexity index is 905. The van der Waals surface area contributed by atoms with E-state index in [1.54, 1.807) is 6.08 Å². The second-order valence-electron chi connectivity index (χ2n) is 5.92. The maximum Gasteiger partial charge on any atom is 0.274 e. The van der Waals surface area contributed by atoms with E-state index in [1.165, 1.54) is 24.3 Å². The Morgan fingerprint density at radius 2 is 1.73 bits per heavy atom. The molecule has 5 nitrogen and oxygen atoms in total. The van der Waals surface area contributed by atoms with Gasteiger partial charge in [0.2, 0.25) is 0 Å². The van der Waals surface area contributed by atoms with Crippen LogP contribution in [0.1, 0.15) is 15.9 Å². The first-order chi connectivity index (χ1) is 12.4. The third-order valence-electron chi connectivity index (χ3n) is 3.90. The smallest absolute Gasteiger partial charge is 0.274 e. The third kappa shape index (κ3) is 3.48. The molecule has 2 aromatic rings. The van der Waals surface area contributed by atoms with Crippen molar-refractivity contribution in [2.45, 2.75) is 0 Å². The van der Waals surface area contributed by atoms with Gasteiger partial charge in [-0.2, -0.15) is 0 Å². The molecule has 132 valence electrons. The van der Waals surface area contributed by atoms with Gasteiger partial charge in [-0.3, -0.25) is 14.9 Å². The van der Waals surface area contributed by atoms with E-state index in [0.29, 0.717) is 0 Å². The lowest BCUT2D eigenvalue weighted by molar-refractivity contribution is -0.115. The van der Waals surface area contributed by atoms with Crippen LogP contribution in [0.5, 0.6) is 0 Å². The number of hydrogen-bond acceptors (Lipinski definition) is 4. The predicted octanol–water partition coefficient (Wildman–Crippen LogP) is 2.79. The van der Waals surface area contributed by atoms with Crippen molar-refractivity contribution in [3.05, 3.63) is 71.2 Å². The van der Waals surface area contributed by atoms with E-state index in [1.807, 2.05) is 43.3 Å². The van der Waals surface area contributed by atoms with E-state index >= 15 is 0 Å². The summed E-state index contributed by atoms with van der Waals surface area (Å²) in [6.45, 7) is 0. The number of rotatable bonds is 3. The second kappa shape index (κ2) is 7.05. The van der Waals surface area contributed by atoms with Crippen LogP contribution in [0.15, 0.2) is 54.2 Å². The van der Waals surface area contributed by atoms with Crippen molar-refractivity contribution in [1.82, 2.24) is 10.2 Å². The zero-order valence-corrected chi connectivity index (χ0v) is 15.0. The van der Waals surface area contributed by atoms with Crippen LogP contribution in [-0.2, 0) is 4.79 Å². The van der Waals surface area contributed by atoms with E-state index < -0.39 is 17.6 Å². The molecule has 1 fully saturated rings. The van der Waals surface area contributed by atoms with Gasteiger partial charge in [0.25, 0.3) is 11.8 Å². The molecule has 0 radical (unpaired) electrons. The van der Waals surface area contributed by atoms with Crippen molar-refractivity contribution in [2.75, 3.05) is 19.0 Å². The van der Waals surface area contributed by atoms with Gasteiger partial charge in [-0.15, -0.1) is 0 Å². The first kappa shape index (κ1) is 17.8. The Balaban J connectivity index is 1.95. The Hall–Kier alpha value is -3.06. The quantitative estimate of drug-likeness (QED) is 0.668. The highest BCUT2D eigenvalue weighted by molar-refractivity contribution is 7.80. The van der Waals surface area contributed by atoms with E-state index in [9.17, 15) is 14.0 Å². The summed E-state index contributed by atoms with van der Waals surface area (Å²) in [6, 6.07) is 12.6. The fourth-order valence-corrected chi connectivity index (χ4v) is 2.78. The minimum Gasteiger partial charge on any atom is -0.378 e. The molecule has 1 aliphatic rings. The highest BCUT2D eigenvalue weighted by Gasteiger charge is 2.35. The van der Waals surface area contributed by atoms with E-state index in [4.69, 9.17) is 12.2 Å². The lowest BCUT2D eigenvalue weighted by atomic mass is 10.1. The highest BCUT2D eigenvalue weighted by atomic mass is 32.1. The standard InChI is InChI=1S/C19H16FN3O2S/c1-22(2)15-9-3-12(4-10-15)11-16-17(24)21-19(26)23(16)18(25)13-5-7-14(20)8-6-13/h3-11H,1-2H3,(H,21,24,26). The lowest BCUT2D eigenvalue weighted by Gasteiger charge is -2.16. The molecule has 2 aromatic carbocycles.